The Hall–Kier alpha value is -1.65. The highest BCUT2D eigenvalue weighted by Gasteiger charge is 2.30. The van der Waals surface area contributed by atoms with Crippen LogP contribution in [0.3, 0.4) is 0 Å². The van der Waals surface area contributed by atoms with Crippen molar-refractivity contribution < 1.29 is 8.42 Å². The summed E-state index contributed by atoms with van der Waals surface area (Å²) in [7, 11) is -3.29. The molecule has 0 spiro atoms. The van der Waals surface area contributed by atoms with Crippen molar-refractivity contribution in [2.45, 2.75) is 32.1 Å². The first-order chi connectivity index (χ1) is 10.5. The standard InChI is InChI=1S/C18H21NO2S/c1-14-7-9-16(10-8-14)13-22(20,21)19-11-15(2)18-6-4-3-5-17(18)12-19/h3-10,15H,11-13H2,1-2H3. The van der Waals surface area contributed by atoms with Crippen molar-refractivity contribution in [1.29, 1.82) is 0 Å². The van der Waals surface area contributed by atoms with Crippen LogP contribution in [0, 0.1) is 6.92 Å². The highest BCUT2D eigenvalue weighted by molar-refractivity contribution is 7.88. The maximum Gasteiger partial charge on any atom is 0.218 e. The van der Waals surface area contributed by atoms with Crippen LogP contribution >= 0.6 is 0 Å². The van der Waals surface area contributed by atoms with Gasteiger partial charge in [-0.05, 0) is 29.5 Å². The maximum absolute atomic E-state index is 12.7. The Balaban J connectivity index is 1.83. The van der Waals surface area contributed by atoms with Crippen molar-refractivity contribution in [1.82, 2.24) is 4.31 Å². The summed E-state index contributed by atoms with van der Waals surface area (Å²) in [6.45, 7) is 5.13. The van der Waals surface area contributed by atoms with Gasteiger partial charge in [-0.1, -0.05) is 61.0 Å². The minimum atomic E-state index is -3.29. The lowest BCUT2D eigenvalue weighted by atomic mass is 9.92. The van der Waals surface area contributed by atoms with E-state index in [1.54, 1.807) is 4.31 Å². The molecule has 0 fully saturated rings. The minimum absolute atomic E-state index is 0.0716. The fraction of sp³-hybridized carbons (Fsp3) is 0.333. The normalized spacial score (nSPS) is 18.9. The summed E-state index contributed by atoms with van der Waals surface area (Å²) in [6, 6.07) is 15.8. The lowest BCUT2D eigenvalue weighted by Crippen LogP contribution is -2.38. The van der Waals surface area contributed by atoms with Crippen molar-refractivity contribution in [3.8, 4) is 0 Å². The molecular formula is C18H21NO2S. The van der Waals surface area contributed by atoms with Gasteiger partial charge in [0.2, 0.25) is 10.0 Å². The molecule has 0 amide bonds. The predicted octanol–water partition coefficient (Wildman–Crippen LogP) is 3.44. The number of sulfonamides is 1. The molecule has 4 heteroatoms. The molecule has 0 bridgehead atoms. The average Bonchev–Trinajstić information content (AvgIpc) is 2.49. The van der Waals surface area contributed by atoms with E-state index in [4.69, 9.17) is 0 Å². The van der Waals surface area contributed by atoms with E-state index in [0.717, 1.165) is 16.7 Å². The van der Waals surface area contributed by atoms with Gasteiger partial charge >= 0.3 is 0 Å². The summed E-state index contributed by atoms with van der Waals surface area (Å²) < 4.78 is 27.1. The lowest BCUT2D eigenvalue weighted by Gasteiger charge is -2.32. The second-order valence-electron chi connectivity index (χ2n) is 6.13. The fourth-order valence-electron chi connectivity index (χ4n) is 3.02. The van der Waals surface area contributed by atoms with Gasteiger partial charge in [0.05, 0.1) is 5.75 Å². The molecule has 2 aromatic rings. The molecule has 1 aliphatic rings. The third-order valence-electron chi connectivity index (χ3n) is 4.27. The van der Waals surface area contributed by atoms with E-state index in [9.17, 15) is 8.42 Å². The Morgan fingerprint density at radius 3 is 2.50 bits per heavy atom. The first-order valence-corrected chi connectivity index (χ1v) is 9.18. The molecule has 116 valence electrons. The number of fused-ring (bicyclic) bond motifs is 1. The van der Waals surface area contributed by atoms with Crippen molar-refractivity contribution in [3.05, 3.63) is 70.8 Å². The molecule has 0 saturated carbocycles. The fourth-order valence-corrected chi connectivity index (χ4v) is 4.60. The van der Waals surface area contributed by atoms with E-state index in [1.165, 1.54) is 5.56 Å². The lowest BCUT2D eigenvalue weighted by molar-refractivity contribution is 0.363. The van der Waals surface area contributed by atoms with Gasteiger partial charge in [0.1, 0.15) is 0 Å². The van der Waals surface area contributed by atoms with Crippen molar-refractivity contribution >= 4 is 10.0 Å². The molecule has 0 aliphatic carbocycles. The zero-order chi connectivity index (χ0) is 15.7. The second kappa shape index (κ2) is 5.86. The topological polar surface area (TPSA) is 37.4 Å². The van der Waals surface area contributed by atoms with E-state index in [2.05, 4.69) is 13.0 Å². The number of aryl methyl sites for hydroxylation is 1. The summed E-state index contributed by atoms with van der Waals surface area (Å²) in [6.07, 6.45) is 0. The van der Waals surface area contributed by atoms with E-state index in [-0.39, 0.29) is 11.7 Å². The van der Waals surface area contributed by atoms with Crippen LogP contribution in [0.5, 0.6) is 0 Å². The van der Waals surface area contributed by atoms with Crippen LogP contribution in [0.15, 0.2) is 48.5 Å². The van der Waals surface area contributed by atoms with Gasteiger partial charge in [-0.25, -0.2) is 8.42 Å². The highest BCUT2D eigenvalue weighted by Crippen LogP contribution is 2.30. The molecule has 2 aromatic carbocycles. The van der Waals surface area contributed by atoms with Crippen LogP contribution in [-0.2, 0) is 22.3 Å². The Labute approximate surface area is 132 Å². The van der Waals surface area contributed by atoms with E-state index in [1.807, 2.05) is 49.4 Å². The van der Waals surface area contributed by atoms with Crippen LogP contribution in [0.4, 0.5) is 0 Å². The molecule has 0 radical (unpaired) electrons. The number of hydrogen-bond acceptors (Lipinski definition) is 2. The molecular weight excluding hydrogens is 294 g/mol. The number of benzene rings is 2. The van der Waals surface area contributed by atoms with Crippen molar-refractivity contribution in [3.63, 3.8) is 0 Å². The largest absolute Gasteiger partial charge is 0.218 e. The third kappa shape index (κ3) is 3.08. The zero-order valence-electron chi connectivity index (χ0n) is 13.0. The summed E-state index contributed by atoms with van der Waals surface area (Å²) in [4.78, 5) is 0. The van der Waals surface area contributed by atoms with Crippen molar-refractivity contribution in [2.24, 2.45) is 0 Å². The Morgan fingerprint density at radius 2 is 1.77 bits per heavy atom. The first kappa shape index (κ1) is 15.3. The number of hydrogen-bond donors (Lipinski definition) is 0. The minimum Gasteiger partial charge on any atom is -0.212 e. The second-order valence-corrected chi connectivity index (χ2v) is 8.10. The van der Waals surface area contributed by atoms with E-state index >= 15 is 0 Å². The van der Waals surface area contributed by atoms with Gasteiger partial charge < -0.3 is 0 Å². The predicted molar refractivity (Wildman–Crippen MR) is 89.1 cm³/mol. The monoisotopic (exact) mass is 315 g/mol. The van der Waals surface area contributed by atoms with Crippen LogP contribution in [0.2, 0.25) is 0 Å². The van der Waals surface area contributed by atoms with Gasteiger partial charge in [0.25, 0.3) is 0 Å². The van der Waals surface area contributed by atoms with Crippen LogP contribution < -0.4 is 0 Å². The molecule has 1 unspecified atom stereocenters. The highest BCUT2D eigenvalue weighted by atomic mass is 32.2. The molecule has 0 N–H and O–H groups in total. The van der Waals surface area contributed by atoms with Crippen molar-refractivity contribution in [2.75, 3.05) is 6.54 Å². The number of nitrogens with zero attached hydrogens (tertiary/aromatic N) is 1. The molecule has 3 rings (SSSR count). The van der Waals surface area contributed by atoms with Gasteiger partial charge in [-0.3, -0.25) is 0 Å². The van der Waals surface area contributed by atoms with E-state index < -0.39 is 10.0 Å². The Morgan fingerprint density at radius 1 is 1.09 bits per heavy atom. The quantitative estimate of drug-likeness (QED) is 0.870. The maximum atomic E-state index is 12.7. The van der Waals surface area contributed by atoms with Crippen LogP contribution in [-0.4, -0.2) is 19.3 Å². The number of rotatable bonds is 3. The molecule has 1 heterocycles. The summed E-state index contributed by atoms with van der Waals surface area (Å²) >= 11 is 0. The summed E-state index contributed by atoms with van der Waals surface area (Å²) in [5.74, 6) is 0.306. The van der Waals surface area contributed by atoms with Crippen LogP contribution in [0.25, 0.3) is 0 Å². The third-order valence-corrected chi connectivity index (χ3v) is 6.04. The Kier molecular flexibility index (Phi) is 4.06. The average molecular weight is 315 g/mol. The first-order valence-electron chi connectivity index (χ1n) is 7.57. The molecule has 0 saturated heterocycles. The summed E-state index contributed by atoms with van der Waals surface area (Å²) in [5.41, 5.74) is 4.37. The van der Waals surface area contributed by atoms with Gasteiger partial charge in [0.15, 0.2) is 0 Å². The summed E-state index contributed by atoms with van der Waals surface area (Å²) in [5, 5.41) is 0. The van der Waals surface area contributed by atoms with Gasteiger partial charge in [-0.15, -0.1) is 0 Å². The molecule has 1 atom stereocenters. The molecule has 22 heavy (non-hydrogen) atoms. The molecule has 0 aromatic heterocycles. The Bertz CT molecular complexity index is 766. The van der Waals surface area contributed by atoms with E-state index in [0.29, 0.717) is 13.1 Å². The van der Waals surface area contributed by atoms with Gasteiger partial charge in [-0.2, -0.15) is 4.31 Å². The smallest absolute Gasteiger partial charge is 0.212 e. The SMILES string of the molecule is Cc1ccc(CS(=O)(=O)N2Cc3ccccc3C(C)C2)cc1. The van der Waals surface area contributed by atoms with Crippen LogP contribution in [0.1, 0.15) is 35.1 Å². The molecule has 3 nitrogen and oxygen atoms in total. The molecule has 1 aliphatic heterocycles. The van der Waals surface area contributed by atoms with Gasteiger partial charge in [0, 0.05) is 13.1 Å². The zero-order valence-corrected chi connectivity index (χ0v) is 13.8.